The summed E-state index contributed by atoms with van der Waals surface area (Å²) in [5.74, 6) is -0.960. The minimum Gasteiger partial charge on any atom is -0.497 e. The first-order valence-corrected chi connectivity index (χ1v) is 8.70. The fourth-order valence-electron chi connectivity index (χ4n) is 2.32. The van der Waals surface area contributed by atoms with Crippen molar-refractivity contribution in [1.82, 2.24) is 0 Å². The molecule has 0 radical (unpaired) electrons. The Labute approximate surface area is 160 Å². The normalized spacial score (nSPS) is 10.1. The Morgan fingerprint density at radius 1 is 1.07 bits per heavy atom. The Bertz CT molecular complexity index is 862. The van der Waals surface area contributed by atoms with Gasteiger partial charge in [-0.2, -0.15) is 0 Å². The fourth-order valence-corrected chi connectivity index (χ4v) is 3.45. The van der Waals surface area contributed by atoms with Crippen LogP contribution in [0.5, 0.6) is 5.75 Å². The molecule has 1 aromatic heterocycles. The second-order valence-electron chi connectivity index (χ2n) is 5.38. The van der Waals surface area contributed by atoms with Gasteiger partial charge in [-0.3, -0.25) is 4.79 Å². The molecule has 0 aliphatic heterocycles. The lowest BCUT2D eigenvalue weighted by atomic mass is 10.1. The molecular weight excluding hydrogens is 372 g/mol. The molecule has 0 atom stereocenters. The lowest BCUT2D eigenvalue weighted by Crippen LogP contribution is -2.22. The summed E-state index contributed by atoms with van der Waals surface area (Å²) < 4.78 is 14.6. The molecule has 0 aliphatic carbocycles. The van der Waals surface area contributed by atoms with Crippen LogP contribution in [-0.4, -0.2) is 45.7 Å². The number of carbonyl (C=O) groups excluding carboxylic acids is 3. The van der Waals surface area contributed by atoms with Crippen LogP contribution in [-0.2, 0) is 14.3 Å². The smallest absolute Gasteiger partial charge is 0.348 e. The first kappa shape index (κ1) is 20.2. The van der Waals surface area contributed by atoms with Crippen LogP contribution in [0.2, 0.25) is 0 Å². The first-order valence-electron chi connectivity index (χ1n) is 7.89. The van der Waals surface area contributed by atoms with Crippen molar-refractivity contribution in [2.75, 3.05) is 38.5 Å². The number of nitrogens with one attached hydrogen (secondary N) is 2. The van der Waals surface area contributed by atoms with E-state index in [4.69, 9.17) is 14.2 Å². The van der Waals surface area contributed by atoms with Gasteiger partial charge in [-0.25, -0.2) is 9.59 Å². The summed E-state index contributed by atoms with van der Waals surface area (Å²) in [6.07, 6.45) is 0. The predicted octanol–water partition coefficient (Wildman–Crippen LogP) is 2.69. The lowest BCUT2D eigenvalue weighted by molar-refractivity contribution is -0.114. The number of methoxy groups -OCH3 is 3. The lowest BCUT2D eigenvalue weighted by Gasteiger charge is -2.09. The molecule has 0 spiro atoms. The van der Waals surface area contributed by atoms with Crippen molar-refractivity contribution < 1.29 is 28.6 Å². The molecule has 0 unspecified atom stereocenters. The molecule has 2 rings (SSSR count). The topological polar surface area (TPSA) is 103 Å². The summed E-state index contributed by atoms with van der Waals surface area (Å²) in [7, 11) is 4.03. The molecule has 144 valence electrons. The number of ether oxygens (including phenoxy) is 3. The molecule has 0 bridgehead atoms. The summed E-state index contributed by atoms with van der Waals surface area (Å²) >= 11 is 0.963. The van der Waals surface area contributed by atoms with Gasteiger partial charge in [0.25, 0.3) is 0 Å². The van der Waals surface area contributed by atoms with Gasteiger partial charge in [-0.15, -0.1) is 11.3 Å². The molecule has 1 amide bonds. The average molecular weight is 392 g/mol. The van der Waals surface area contributed by atoms with Crippen LogP contribution in [0.1, 0.15) is 25.6 Å². The molecule has 0 saturated heterocycles. The van der Waals surface area contributed by atoms with Gasteiger partial charge in [0, 0.05) is 11.8 Å². The van der Waals surface area contributed by atoms with Gasteiger partial charge < -0.3 is 24.8 Å². The Kier molecular flexibility index (Phi) is 6.78. The van der Waals surface area contributed by atoms with Gasteiger partial charge >= 0.3 is 11.9 Å². The molecule has 1 aromatic carbocycles. The van der Waals surface area contributed by atoms with E-state index < -0.39 is 11.9 Å². The molecule has 1 heterocycles. The van der Waals surface area contributed by atoms with Crippen LogP contribution in [0, 0.1) is 6.92 Å². The third-order valence-electron chi connectivity index (χ3n) is 3.68. The largest absolute Gasteiger partial charge is 0.497 e. The number of amides is 1. The van der Waals surface area contributed by atoms with Crippen molar-refractivity contribution in [1.29, 1.82) is 0 Å². The van der Waals surface area contributed by atoms with Gasteiger partial charge in [0.2, 0.25) is 5.91 Å². The van der Waals surface area contributed by atoms with Gasteiger partial charge in [-0.1, -0.05) is 6.07 Å². The highest BCUT2D eigenvalue weighted by Gasteiger charge is 2.26. The third-order valence-corrected chi connectivity index (χ3v) is 4.87. The maximum absolute atomic E-state index is 12.3. The van der Waals surface area contributed by atoms with E-state index in [1.165, 1.54) is 14.2 Å². The molecule has 8 nitrogen and oxygen atoms in total. The minimum absolute atomic E-state index is 0.0434. The number of esters is 2. The summed E-state index contributed by atoms with van der Waals surface area (Å²) in [5, 5.41) is 5.84. The van der Waals surface area contributed by atoms with Gasteiger partial charge in [0.05, 0.1) is 33.4 Å². The van der Waals surface area contributed by atoms with E-state index >= 15 is 0 Å². The summed E-state index contributed by atoms with van der Waals surface area (Å²) in [5.41, 5.74) is 1.24. The summed E-state index contributed by atoms with van der Waals surface area (Å²) in [6, 6.07) is 7.12. The zero-order valence-corrected chi connectivity index (χ0v) is 16.2. The van der Waals surface area contributed by atoms with Gasteiger partial charge in [0.1, 0.15) is 15.6 Å². The van der Waals surface area contributed by atoms with Crippen LogP contribution < -0.4 is 15.4 Å². The van der Waals surface area contributed by atoms with E-state index in [2.05, 4.69) is 10.6 Å². The number of rotatable bonds is 7. The quantitative estimate of drug-likeness (QED) is 0.698. The Morgan fingerprint density at radius 3 is 2.41 bits per heavy atom. The molecule has 2 aromatic rings. The average Bonchev–Trinajstić information content (AvgIpc) is 3.01. The molecule has 0 aliphatic rings. The zero-order valence-electron chi connectivity index (χ0n) is 15.4. The summed E-state index contributed by atoms with van der Waals surface area (Å²) in [6.45, 7) is 1.55. The van der Waals surface area contributed by atoms with E-state index in [0.717, 1.165) is 11.3 Å². The maximum Gasteiger partial charge on any atom is 0.348 e. The Balaban J connectivity index is 2.16. The van der Waals surface area contributed by atoms with E-state index in [1.807, 2.05) is 0 Å². The second-order valence-corrected chi connectivity index (χ2v) is 6.40. The van der Waals surface area contributed by atoms with E-state index in [9.17, 15) is 14.4 Å². The Morgan fingerprint density at radius 2 is 1.78 bits per heavy atom. The van der Waals surface area contributed by atoms with Crippen LogP contribution >= 0.6 is 11.3 Å². The third kappa shape index (κ3) is 4.76. The number of anilines is 2. The van der Waals surface area contributed by atoms with E-state index in [0.29, 0.717) is 17.0 Å². The van der Waals surface area contributed by atoms with Crippen molar-refractivity contribution in [3.8, 4) is 5.75 Å². The van der Waals surface area contributed by atoms with Crippen molar-refractivity contribution >= 4 is 39.9 Å². The van der Waals surface area contributed by atoms with Crippen LogP contribution in [0.25, 0.3) is 0 Å². The highest BCUT2D eigenvalue weighted by Crippen LogP contribution is 2.34. The predicted molar refractivity (Wildman–Crippen MR) is 102 cm³/mol. The van der Waals surface area contributed by atoms with Crippen molar-refractivity contribution in [2.45, 2.75) is 6.92 Å². The number of hydrogen-bond donors (Lipinski definition) is 2. The minimum atomic E-state index is -0.644. The number of benzene rings is 1. The number of thiophene rings is 1. The van der Waals surface area contributed by atoms with Gasteiger partial charge in [0.15, 0.2) is 0 Å². The fraction of sp³-hybridized carbons (Fsp3) is 0.278. The molecule has 9 heteroatoms. The molecule has 0 saturated carbocycles. The number of hydrogen-bond acceptors (Lipinski definition) is 8. The van der Waals surface area contributed by atoms with Crippen molar-refractivity contribution in [3.05, 3.63) is 40.3 Å². The standard InChI is InChI=1S/C18H20N2O6S/c1-10-14(17(22)25-3)16(27-15(10)18(23)26-4)20-13(21)9-19-11-6-5-7-12(8-11)24-2/h5-8,19H,9H2,1-4H3,(H,20,21). The highest BCUT2D eigenvalue weighted by molar-refractivity contribution is 7.18. The monoisotopic (exact) mass is 392 g/mol. The Hall–Kier alpha value is -3.07. The summed E-state index contributed by atoms with van der Waals surface area (Å²) in [4.78, 5) is 36.5. The molecule has 2 N–H and O–H groups in total. The number of carbonyl (C=O) groups is 3. The molecule has 27 heavy (non-hydrogen) atoms. The molecular formula is C18H20N2O6S. The first-order chi connectivity index (χ1) is 12.9. The van der Waals surface area contributed by atoms with Crippen LogP contribution in [0.15, 0.2) is 24.3 Å². The zero-order chi connectivity index (χ0) is 20.0. The maximum atomic E-state index is 12.3. The van der Waals surface area contributed by atoms with E-state index in [1.54, 1.807) is 38.3 Å². The second kappa shape index (κ2) is 9.04. The van der Waals surface area contributed by atoms with Crippen molar-refractivity contribution in [3.63, 3.8) is 0 Å². The SMILES string of the molecule is COC(=O)c1sc(NC(=O)CNc2cccc(OC)c2)c(C(=O)OC)c1C. The molecule has 0 fully saturated rings. The highest BCUT2D eigenvalue weighted by atomic mass is 32.1. The van der Waals surface area contributed by atoms with Gasteiger partial charge in [-0.05, 0) is 24.6 Å². The van der Waals surface area contributed by atoms with Crippen LogP contribution in [0.3, 0.4) is 0 Å². The van der Waals surface area contributed by atoms with Crippen molar-refractivity contribution in [2.24, 2.45) is 0 Å². The van der Waals surface area contributed by atoms with E-state index in [-0.39, 0.29) is 27.9 Å². The van der Waals surface area contributed by atoms with Crippen LogP contribution in [0.4, 0.5) is 10.7 Å².